The molecule has 138 valence electrons. The number of ether oxygens (including phenoxy) is 1. The highest BCUT2D eigenvalue weighted by molar-refractivity contribution is 7.89. The molecule has 1 amide bonds. The summed E-state index contributed by atoms with van der Waals surface area (Å²) in [6.07, 6.45) is 1.65. The first kappa shape index (κ1) is 18.3. The Bertz CT molecular complexity index is 927. The van der Waals surface area contributed by atoms with Crippen molar-refractivity contribution >= 4 is 21.6 Å². The summed E-state index contributed by atoms with van der Waals surface area (Å²) in [5.41, 5.74) is 0.484. The van der Waals surface area contributed by atoms with Crippen LogP contribution in [0.25, 0.3) is 0 Å². The molecule has 26 heavy (non-hydrogen) atoms. The normalized spacial score (nSPS) is 14.1. The summed E-state index contributed by atoms with van der Waals surface area (Å²) in [5, 5.41) is 2.62. The molecule has 2 N–H and O–H groups in total. The number of rotatable bonds is 7. The van der Waals surface area contributed by atoms with E-state index in [0.717, 1.165) is 12.8 Å². The van der Waals surface area contributed by atoms with Crippen LogP contribution in [0.2, 0.25) is 0 Å². The molecule has 2 aromatic rings. The van der Waals surface area contributed by atoms with Crippen molar-refractivity contribution in [3.8, 4) is 5.75 Å². The van der Waals surface area contributed by atoms with Gasteiger partial charge in [0.2, 0.25) is 10.0 Å². The van der Waals surface area contributed by atoms with E-state index in [9.17, 15) is 17.6 Å². The second-order valence-corrected chi connectivity index (χ2v) is 7.66. The SMILES string of the molecule is CCOc1cc(F)ccc1NC(=O)c1cccc(S(=O)(=O)NC2CC2)c1. The molecule has 1 saturated carbocycles. The maximum atomic E-state index is 13.4. The van der Waals surface area contributed by atoms with Gasteiger partial charge in [0, 0.05) is 17.7 Å². The van der Waals surface area contributed by atoms with Gasteiger partial charge in [0.1, 0.15) is 11.6 Å². The van der Waals surface area contributed by atoms with Crippen molar-refractivity contribution in [2.75, 3.05) is 11.9 Å². The zero-order chi connectivity index (χ0) is 18.7. The molecule has 8 heteroatoms. The first-order chi connectivity index (χ1) is 12.4. The Kier molecular flexibility index (Phi) is 5.24. The number of nitrogens with one attached hydrogen (secondary N) is 2. The lowest BCUT2D eigenvalue weighted by Crippen LogP contribution is -2.26. The van der Waals surface area contributed by atoms with Gasteiger partial charge in [-0.3, -0.25) is 4.79 Å². The second kappa shape index (κ2) is 7.43. The third-order valence-electron chi connectivity index (χ3n) is 3.80. The Labute approximate surface area is 151 Å². The van der Waals surface area contributed by atoms with Crippen LogP contribution in [0.4, 0.5) is 10.1 Å². The van der Waals surface area contributed by atoms with Crippen LogP contribution < -0.4 is 14.8 Å². The average Bonchev–Trinajstić information content (AvgIpc) is 3.41. The minimum absolute atomic E-state index is 0.0227. The van der Waals surface area contributed by atoms with Gasteiger partial charge in [0.25, 0.3) is 5.91 Å². The summed E-state index contributed by atoms with van der Waals surface area (Å²) < 4.78 is 45.8. The van der Waals surface area contributed by atoms with Gasteiger partial charge in [-0.2, -0.15) is 0 Å². The monoisotopic (exact) mass is 378 g/mol. The van der Waals surface area contributed by atoms with Crippen LogP contribution in [0.15, 0.2) is 47.4 Å². The molecule has 3 rings (SSSR count). The van der Waals surface area contributed by atoms with E-state index in [1.54, 1.807) is 6.92 Å². The van der Waals surface area contributed by atoms with E-state index in [0.29, 0.717) is 12.3 Å². The Morgan fingerprint density at radius 1 is 1.23 bits per heavy atom. The average molecular weight is 378 g/mol. The topological polar surface area (TPSA) is 84.5 Å². The molecule has 2 aromatic carbocycles. The molecular formula is C18H19FN2O4S. The molecule has 1 fully saturated rings. The van der Waals surface area contributed by atoms with Crippen molar-refractivity contribution < 1.29 is 22.3 Å². The van der Waals surface area contributed by atoms with E-state index >= 15 is 0 Å². The van der Waals surface area contributed by atoms with E-state index in [-0.39, 0.29) is 22.3 Å². The number of sulfonamides is 1. The van der Waals surface area contributed by atoms with Crippen molar-refractivity contribution in [2.24, 2.45) is 0 Å². The summed E-state index contributed by atoms with van der Waals surface area (Å²) in [6.45, 7) is 2.06. The molecule has 0 aliphatic heterocycles. The zero-order valence-electron chi connectivity index (χ0n) is 14.2. The number of halogens is 1. The summed E-state index contributed by atoms with van der Waals surface area (Å²) >= 11 is 0. The molecule has 1 aliphatic rings. The number of carbonyl (C=O) groups is 1. The number of carbonyl (C=O) groups excluding carboxylic acids is 1. The van der Waals surface area contributed by atoms with Gasteiger partial charge < -0.3 is 10.1 Å². The number of hydrogen-bond donors (Lipinski definition) is 2. The zero-order valence-corrected chi connectivity index (χ0v) is 15.0. The largest absolute Gasteiger partial charge is 0.492 e. The molecule has 0 atom stereocenters. The number of anilines is 1. The second-order valence-electron chi connectivity index (χ2n) is 5.95. The standard InChI is InChI=1S/C18H19FN2O4S/c1-2-25-17-11-13(19)6-9-16(17)20-18(22)12-4-3-5-15(10-12)26(23,24)21-14-7-8-14/h3-6,9-11,14,21H,2,7-8H2,1H3,(H,20,22). The highest BCUT2D eigenvalue weighted by atomic mass is 32.2. The smallest absolute Gasteiger partial charge is 0.255 e. The molecule has 1 aliphatic carbocycles. The maximum Gasteiger partial charge on any atom is 0.255 e. The molecule has 0 heterocycles. The Morgan fingerprint density at radius 3 is 2.69 bits per heavy atom. The van der Waals surface area contributed by atoms with E-state index in [1.807, 2.05) is 0 Å². The van der Waals surface area contributed by atoms with Gasteiger partial charge in [-0.25, -0.2) is 17.5 Å². The minimum Gasteiger partial charge on any atom is -0.492 e. The number of amides is 1. The van der Waals surface area contributed by atoms with E-state index in [1.165, 1.54) is 42.5 Å². The third kappa shape index (κ3) is 4.39. The lowest BCUT2D eigenvalue weighted by atomic mass is 10.2. The molecule has 0 aromatic heterocycles. The van der Waals surface area contributed by atoms with Crippen molar-refractivity contribution in [3.63, 3.8) is 0 Å². The van der Waals surface area contributed by atoms with E-state index in [2.05, 4.69) is 10.0 Å². The predicted octanol–water partition coefficient (Wildman–Crippen LogP) is 2.92. The van der Waals surface area contributed by atoms with Gasteiger partial charge in [0.15, 0.2) is 0 Å². The Hall–Kier alpha value is -2.45. The van der Waals surface area contributed by atoms with Crippen LogP contribution in [0.3, 0.4) is 0 Å². The predicted molar refractivity (Wildman–Crippen MR) is 95.3 cm³/mol. The fraction of sp³-hybridized carbons (Fsp3) is 0.278. The maximum absolute atomic E-state index is 13.4. The van der Waals surface area contributed by atoms with Crippen molar-refractivity contribution in [1.82, 2.24) is 4.72 Å². The number of benzene rings is 2. The van der Waals surface area contributed by atoms with Crippen molar-refractivity contribution in [1.29, 1.82) is 0 Å². The van der Waals surface area contributed by atoms with Crippen LogP contribution in [-0.2, 0) is 10.0 Å². The molecule has 0 bridgehead atoms. The molecule has 6 nitrogen and oxygen atoms in total. The Balaban J connectivity index is 1.81. The van der Waals surface area contributed by atoms with Crippen LogP contribution in [-0.4, -0.2) is 27.0 Å². The van der Waals surface area contributed by atoms with Crippen molar-refractivity contribution in [2.45, 2.75) is 30.7 Å². The van der Waals surface area contributed by atoms with Crippen LogP contribution >= 0.6 is 0 Å². The van der Waals surface area contributed by atoms with Crippen LogP contribution in [0.1, 0.15) is 30.1 Å². The van der Waals surface area contributed by atoms with Crippen molar-refractivity contribution in [3.05, 3.63) is 53.8 Å². The quantitative estimate of drug-likeness (QED) is 0.776. The highest BCUT2D eigenvalue weighted by Crippen LogP contribution is 2.26. The summed E-state index contributed by atoms with van der Waals surface area (Å²) in [4.78, 5) is 12.5. The first-order valence-corrected chi connectivity index (χ1v) is 9.73. The lowest BCUT2D eigenvalue weighted by Gasteiger charge is -2.12. The van der Waals surface area contributed by atoms with Gasteiger partial charge in [0.05, 0.1) is 17.2 Å². The molecule has 0 unspecified atom stereocenters. The van der Waals surface area contributed by atoms with Gasteiger partial charge in [-0.1, -0.05) is 6.07 Å². The van der Waals surface area contributed by atoms with Gasteiger partial charge in [-0.15, -0.1) is 0 Å². The summed E-state index contributed by atoms with van der Waals surface area (Å²) in [7, 11) is -3.65. The molecule has 0 spiro atoms. The van der Waals surface area contributed by atoms with Gasteiger partial charge >= 0.3 is 0 Å². The minimum atomic E-state index is -3.65. The fourth-order valence-corrected chi connectivity index (χ4v) is 3.71. The Morgan fingerprint density at radius 2 is 2.00 bits per heavy atom. The lowest BCUT2D eigenvalue weighted by molar-refractivity contribution is 0.102. The first-order valence-electron chi connectivity index (χ1n) is 8.25. The summed E-state index contributed by atoms with van der Waals surface area (Å²) in [5.74, 6) is -0.785. The van der Waals surface area contributed by atoms with Crippen LogP contribution in [0, 0.1) is 5.82 Å². The third-order valence-corrected chi connectivity index (χ3v) is 5.32. The highest BCUT2D eigenvalue weighted by Gasteiger charge is 2.28. The van der Waals surface area contributed by atoms with E-state index < -0.39 is 21.7 Å². The van der Waals surface area contributed by atoms with Gasteiger partial charge in [-0.05, 0) is 50.1 Å². The number of hydrogen-bond acceptors (Lipinski definition) is 4. The molecule has 0 radical (unpaired) electrons. The molecular weight excluding hydrogens is 359 g/mol. The fourth-order valence-electron chi connectivity index (χ4n) is 2.36. The van der Waals surface area contributed by atoms with E-state index in [4.69, 9.17) is 4.74 Å². The summed E-state index contributed by atoms with van der Waals surface area (Å²) in [6, 6.07) is 9.52. The van der Waals surface area contributed by atoms with Crippen LogP contribution in [0.5, 0.6) is 5.75 Å². The molecule has 0 saturated heterocycles.